The molecule has 16 heavy (non-hydrogen) atoms. The molecule has 0 bridgehead atoms. The van der Waals surface area contributed by atoms with Gasteiger partial charge in [-0.3, -0.25) is 4.98 Å². The first-order valence-corrected chi connectivity index (χ1v) is 5.81. The Bertz CT molecular complexity index is 352. The molecule has 1 aromatic heterocycles. The van der Waals surface area contributed by atoms with E-state index >= 15 is 0 Å². The maximum absolute atomic E-state index is 5.08. The Morgan fingerprint density at radius 2 is 2.56 bits per heavy atom. The van der Waals surface area contributed by atoms with Crippen LogP contribution < -0.4 is 5.32 Å². The third-order valence-corrected chi connectivity index (χ3v) is 2.91. The van der Waals surface area contributed by atoms with E-state index in [1.807, 2.05) is 12.3 Å². The number of nitrogens with zero attached hydrogens (tertiary/aromatic N) is 1. The third-order valence-electron chi connectivity index (χ3n) is 2.91. The number of aromatic nitrogens is 1. The minimum Gasteiger partial charge on any atom is -0.502 e. The van der Waals surface area contributed by atoms with E-state index in [1.165, 1.54) is 17.5 Å². The molecule has 0 amide bonds. The number of hydrogen-bond acceptors (Lipinski definition) is 3. The summed E-state index contributed by atoms with van der Waals surface area (Å²) < 4.78 is 5.08. The Morgan fingerprint density at radius 3 is 3.44 bits per heavy atom. The highest BCUT2D eigenvalue weighted by Crippen LogP contribution is 2.28. The van der Waals surface area contributed by atoms with Crippen LogP contribution in [0.5, 0.6) is 0 Å². The van der Waals surface area contributed by atoms with Crippen molar-refractivity contribution >= 4 is 0 Å². The number of nitrogens with one attached hydrogen (secondary N) is 1. The Morgan fingerprint density at radius 1 is 1.62 bits per heavy atom. The molecule has 1 aliphatic rings. The van der Waals surface area contributed by atoms with Gasteiger partial charge in [-0.05, 0) is 37.4 Å². The van der Waals surface area contributed by atoms with Crippen LogP contribution in [0, 0.1) is 0 Å². The maximum Gasteiger partial charge on any atom is 0.0885 e. The van der Waals surface area contributed by atoms with Crippen LogP contribution in [0.3, 0.4) is 0 Å². The van der Waals surface area contributed by atoms with Crippen LogP contribution >= 0.6 is 0 Å². The monoisotopic (exact) mass is 218 g/mol. The van der Waals surface area contributed by atoms with Gasteiger partial charge in [0.05, 0.1) is 24.6 Å². The number of hydrogen-bond donors (Lipinski definition) is 1. The van der Waals surface area contributed by atoms with Crippen molar-refractivity contribution in [2.24, 2.45) is 0 Å². The quantitative estimate of drug-likeness (QED) is 0.587. The number of fused-ring (bicyclic) bond motifs is 1. The molecule has 0 fully saturated rings. The number of pyridine rings is 1. The van der Waals surface area contributed by atoms with Crippen molar-refractivity contribution in [2.45, 2.75) is 25.3 Å². The number of ether oxygens (including phenoxy) is 1. The van der Waals surface area contributed by atoms with Crippen molar-refractivity contribution in [2.75, 3.05) is 13.2 Å². The molecule has 0 spiro atoms. The van der Waals surface area contributed by atoms with Gasteiger partial charge in [0.2, 0.25) is 0 Å². The van der Waals surface area contributed by atoms with Crippen LogP contribution in [0.4, 0.5) is 0 Å². The zero-order valence-corrected chi connectivity index (χ0v) is 9.48. The van der Waals surface area contributed by atoms with Crippen LogP contribution in [-0.4, -0.2) is 18.1 Å². The predicted molar refractivity (Wildman–Crippen MR) is 64.1 cm³/mol. The van der Waals surface area contributed by atoms with Crippen LogP contribution in [0.1, 0.15) is 30.1 Å². The van der Waals surface area contributed by atoms with E-state index in [2.05, 4.69) is 22.9 Å². The van der Waals surface area contributed by atoms with Crippen molar-refractivity contribution in [1.29, 1.82) is 0 Å². The highest BCUT2D eigenvalue weighted by atomic mass is 16.5. The molecule has 0 aromatic carbocycles. The summed E-state index contributed by atoms with van der Waals surface area (Å²) in [6.07, 6.45) is 6.68. The van der Waals surface area contributed by atoms with Gasteiger partial charge in [-0.2, -0.15) is 0 Å². The summed E-state index contributed by atoms with van der Waals surface area (Å²) >= 11 is 0. The lowest BCUT2D eigenvalue weighted by atomic mass is 10.2. The molecular weight excluding hydrogens is 200 g/mol. The summed E-state index contributed by atoms with van der Waals surface area (Å²) in [5.41, 5.74) is 2.62. The Balaban J connectivity index is 1.78. The lowest BCUT2D eigenvalue weighted by Gasteiger charge is -2.12. The van der Waals surface area contributed by atoms with Gasteiger partial charge < -0.3 is 10.1 Å². The second-order valence-corrected chi connectivity index (χ2v) is 3.98. The van der Waals surface area contributed by atoms with E-state index in [1.54, 1.807) is 0 Å². The van der Waals surface area contributed by atoms with Gasteiger partial charge in [0, 0.05) is 6.20 Å². The van der Waals surface area contributed by atoms with Crippen molar-refractivity contribution in [1.82, 2.24) is 10.3 Å². The average molecular weight is 218 g/mol. The fourth-order valence-electron chi connectivity index (χ4n) is 2.13. The fourth-order valence-corrected chi connectivity index (χ4v) is 2.13. The maximum atomic E-state index is 5.08. The van der Waals surface area contributed by atoms with E-state index in [0.717, 1.165) is 32.4 Å². The number of rotatable bonds is 6. The molecule has 86 valence electrons. The van der Waals surface area contributed by atoms with Crippen LogP contribution in [0.15, 0.2) is 31.2 Å². The van der Waals surface area contributed by atoms with Crippen molar-refractivity contribution in [3.05, 3.63) is 42.4 Å². The van der Waals surface area contributed by atoms with Crippen LogP contribution in [-0.2, 0) is 11.2 Å². The third kappa shape index (κ3) is 2.61. The summed E-state index contributed by atoms with van der Waals surface area (Å²) in [5.74, 6) is 0. The number of aryl methyl sites for hydroxylation is 1. The minimum absolute atomic E-state index is 0.430. The van der Waals surface area contributed by atoms with Gasteiger partial charge in [-0.25, -0.2) is 0 Å². The highest BCUT2D eigenvalue weighted by molar-refractivity contribution is 5.27. The molecule has 0 saturated carbocycles. The summed E-state index contributed by atoms with van der Waals surface area (Å²) in [6.45, 7) is 5.21. The van der Waals surface area contributed by atoms with E-state index in [9.17, 15) is 0 Å². The molecule has 1 aliphatic carbocycles. The summed E-state index contributed by atoms with van der Waals surface area (Å²) in [4.78, 5) is 4.45. The van der Waals surface area contributed by atoms with Gasteiger partial charge in [-0.15, -0.1) is 0 Å². The van der Waals surface area contributed by atoms with Crippen molar-refractivity contribution in [3.8, 4) is 0 Å². The smallest absolute Gasteiger partial charge is 0.0885 e. The molecule has 0 radical (unpaired) electrons. The van der Waals surface area contributed by atoms with Gasteiger partial charge in [0.25, 0.3) is 0 Å². The molecule has 1 heterocycles. The molecule has 1 unspecified atom stereocenters. The molecule has 1 N–H and O–H groups in total. The van der Waals surface area contributed by atoms with Crippen molar-refractivity contribution < 1.29 is 4.74 Å². The fraction of sp³-hybridized carbons (Fsp3) is 0.462. The van der Waals surface area contributed by atoms with Gasteiger partial charge >= 0.3 is 0 Å². The summed E-state index contributed by atoms with van der Waals surface area (Å²) in [7, 11) is 0. The molecule has 0 saturated heterocycles. The van der Waals surface area contributed by atoms with E-state index < -0.39 is 0 Å². The van der Waals surface area contributed by atoms with Crippen molar-refractivity contribution in [3.63, 3.8) is 0 Å². The molecule has 1 aromatic rings. The molecular formula is C13H18N2O. The van der Waals surface area contributed by atoms with Crippen LogP contribution in [0.25, 0.3) is 0 Å². The van der Waals surface area contributed by atoms with Gasteiger partial charge in [-0.1, -0.05) is 12.6 Å². The lowest BCUT2D eigenvalue weighted by Crippen LogP contribution is -2.22. The molecule has 3 heteroatoms. The predicted octanol–water partition coefficient (Wildman–Crippen LogP) is 2.21. The molecule has 0 aliphatic heterocycles. The second-order valence-electron chi connectivity index (χ2n) is 3.98. The van der Waals surface area contributed by atoms with E-state index in [-0.39, 0.29) is 0 Å². The minimum atomic E-state index is 0.430. The highest BCUT2D eigenvalue weighted by Gasteiger charge is 2.22. The molecule has 1 atom stereocenters. The summed E-state index contributed by atoms with van der Waals surface area (Å²) in [6, 6.07) is 4.61. The Labute approximate surface area is 96.5 Å². The topological polar surface area (TPSA) is 34.1 Å². The Hall–Kier alpha value is -1.35. The molecule has 3 nitrogen and oxygen atoms in total. The molecule has 2 rings (SSSR count). The van der Waals surface area contributed by atoms with E-state index in [4.69, 9.17) is 4.74 Å². The first kappa shape index (κ1) is 11.1. The zero-order valence-electron chi connectivity index (χ0n) is 9.48. The normalized spacial score (nSPS) is 18.1. The first-order valence-electron chi connectivity index (χ1n) is 5.81. The largest absolute Gasteiger partial charge is 0.502 e. The van der Waals surface area contributed by atoms with Crippen LogP contribution in [0.2, 0.25) is 0 Å². The second kappa shape index (κ2) is 5.66. The lowest BCUT2D eigenvalue weighted by molar-refractivity contribution is 0.242. The Kier molecular flexibility index (Phi) is 3.94. The SMILES string of the molecule is C=COCCCNC1CCc2cccnc21. The zero-order chi connectivity index (χ0) is 11.2. The summed E-state index contributed by atoms with van der Waals surface area (Å²) in [5, 5.41) is 3.52. The average Bonchev–Trinajstić information content (AvgIpc) is 2.73. The van der Waals surface area contributed by atoms with E-state index in [0.29, 0.717) is 6.04 Å². The standard InChI is InChI=1S/C13H18N2O/c1-2-16-10-4-9-14-12-7-6-11-5-3-8-15-13(11)12/h2-3,5,8,12,14H,1,4,6-7,9-10H2. The van der Waals surface area contributed by atoms with Gasteiger partial charge in [0.1, 0.15) is 0 Å². The van der Waals surface area contributed by atoms with Gasteiger partial charge in [0.15, 0.2) is 0 Å². The first-order chi connectivity index (χ1) is 7.92.